The van der Waals surface area contributed by atoms with Gasteiger partial charge in [-0.05, 0) is 18.6 Å². The third kappa shape index (κ3) is 4.19. The molecule has 0 aliphatic carbocycles. The summed E-state index contributed by atoms with van der Waals surface area (Å²) < 4.78 is 40.4. The highest BCUT2D eigenvalue weighted by Gasteiger charge is 2.29. The van der Waals surface area contributed by atoms with E-state index in [9.17, 15) is 17.6 Å². The van der Waals surface area contributed by atoms with E-state index in [1.165, 1.54) is 6.08 Å². The molecule has 0 radical (unpaired) electrons. The molecule has 0 fully saturated rings. The summed E-state index contributed by atoms with van der Waals surface area (Å²) in [6.45, 7) is 5.02. The predicted molar refractivity (Wildman–Crippen MR) is 84.3 cm³/mol. The summed E-state index contributed by atoms with van der Waals surface area (Å²) in [7, 11) is -4.06. The normalized spacial score (nSPS) is 11.2. The van der Waals surface area contributed by atoms with Gasteiger partial charge in [-0.1, -0.05) is 24.6 Å². The van der Waals surface area contributed by atoms with Crippen LogP contribution >= 0.6 is 11.6 Å². The Hall–Kier alpha value is -1.64. The van der Waals surface area contributed by atoms with Crippen molar-refractivity contribution in [2.24, 2.45) is 0 Å². The van der Waals surface area contributed by atoms with E-state index in [4.69, 9.17) is 17.3 Å². The number of nitrogen functional groups attached to an aromatic ring is 1. The molecule has 0 aliphatic rings. The van der Waals surface area contributed by atoms with E-state index in [2.05, 4.69) is 11.3 Å². The summed E-state index contributed by atoms with van der Waals surface area (Å²) in [4.78, 5) is 12.4. The van der Waals surface area contributed by atoms with Gasteiger partial charge in [0.05, 0.1) is 16.3 Å². The molecule has 1 aromatic rings. The van der Waals surface area contributed by atoms with Crippen molar-refractivity contribution in [1.29, 1.82) is 0 Å². The number of carbonyl (C=O) groups excluding carboxylic acids is 1. The van der Waals surface area contributed by atoms with E-state index < -0.39 is 21.9 Å². The molecule has 0 aliphatic heterocycles. The zero-order valence-electron chi connectivity index (χ0n) is 12.0. The summed E-state index contributed by atoms with van der Waals surface area (Å²) in [6.07, 6.45) is 1.74. The fourth-order valence-electron chi connectivity index (χ4n) is 1.64. The van der Waals surface area contributed by atoms with Gasteiger partial charge in [-0.3, -0.25) is 4.79 Å². The van der Waals surface area contributed by atoms with Crippen LogP contribution in [0.3, 0.4) is 0 Å². The van der Waals surface area contributed by atoms with Gasteiger partial charge in [-0.15, -0.1) is 6.58 Å². The van der Waals surface area contributed by atoms with E-state index >= 15 is 0 Å². The van der Waals surface area contributed by atoms with Gasteiger partial charge in [0.25, 0.3) is 5.91 Å². The smallest absolute Gasteiger partial charge is 0.304 e. The third-order valence-corrected chi connectivity index (χ3v) is 4.44. The summed E-state index contributed by atoms with van der Waals surface area (Å²) in [5, 5.41) is -0.211. The first-order chi connectivity index (χ1) is 10.2. The molecule has 0 unspecified atom stereocenters. The number of carbonyl (C=O) groups is 1. The van der Waals surface area contributed by atoms with Gasteiger partial charge < -0.3 is 5.73 Å². The van der Waals surface area contributed by atoms with E-state index in [-0.39, 0.29) is 29.4 Å². The van der Waals surface area contributed by atoms with Crippen LogP contribution in [0.1, 0.15) is 23.7 Å². The molecular formula is C13H17ClFN3O3S. The van der Waals surface area contributed by atoms with Gasteiger partial charge in [0.1, 0.15) is 5.82 Å². The average molecular weight is 350 g/mol. The number of halogens is 2. The van der Waals surface area contributed by atoms with E-state index in [1.807, 2.05) is 0 Å². The number of hydrogen-bond donors (Lipinski definition) is 2. The zero-order valence-corrected chi connectivity index (χ0v) is 13.5. The lowest BCUT2D eigenvalue weighted by atomic mass is 10.2. The first-order valence-electron chi connectivity index (χ1n) is 6.41. The molecular weight excluding hydrogens is 333 g/mol. The quantitative estimate of drug-likeness (QED) is 0.581. The van der Waals surface area contributed by atoms with Gasteiger partial charge in [-0.2, -0.15) is 13.1 Å². The maximum Gasteiger partial charge on any atom is 0.304 e. The van der Waals surface area contributed by atoms with Gasteiger partial charge in [0, 0.05) is 13.1 Å². The van der Waals surface area contributed by atoms with Crippen molar-refractivity contribution in [1.82, 2.24) is 9.03 Å². The second-order valence-corrected chi connectivity index (χ2v) is 6.46. The summed E-state index contributed by atoms with van der Waals surface area (Å²) in [5.41, 5.74) is 4.93. The highest BCUT2D eigenvalue weighted by atomic mass is 35.5. The summed E-state index contributed by atoms with van der Waals surface area (Å²) in [5.74, 6) is -1.66. The fourth-order valence-corrected chi connectivity index (χ4v) is 3.10. The molecule has 22 heavy (non-hydrogen) atoms. The molecule has 0 spiro atoms. The molecule has 122 valence electrons. The maximum atomic E-state index is 13.3. The second-order valence-electron chi connectivity index (χ2n) is 4.37. The van der Waals surface area contributed by atoms with Crippen molar-refractivity contribution in [2.75, 3.05) is 18.8 Å². The fraction of sp³-hybridized carbons (Fsp3) is 0.308. The molecule has 0 bridgehead atoms. The van der Waals surface area contributed by atoms with Crippen molar-refractivity contribution in [3.8, 4) is 0 Å². The Kier molecular flexibility index (Phi) is 6.34. The number of nitrogens with zero attached hydrogens (tertiary/aromatic N) is 1. The molecule has 9 heteroatoms. The molecule has 6 nitrogen and oxygen atoms in total. The maximum absolute atomic E-state index is 13.3. The molecule has 1 rings (SSSR count). The molecule has 0 atom stereocenters. The van der Waals surface area contributed by atoms with Crippen molar-refractivity contribution >= 4 is 33.4 Å². The average Bonchev–Trinajstić information content (AvgIpc) is 2.45. The van der Waals surface area contributed by atoms with Crippen LogP contribution in [0, 0.1) is 5.82 Å². The minimum Gasteiger partial charge on any atom is -0.396 e. The van der Waals surface area contributed by atoms with E-state index in [1.54, 1.807) is 6.92 Å². The van der Waals surface area contributed by atoms with E-state index in [0.717, 1.165) is 12.1 Å². The molecule has 1 aromatic carbocycles. The molecule has 0 heterocycles. The van der Waals surface area contributed by atoms with Gasteiger partial charge >= 0.3 is 10.2 Å². The first kappa shape index (κ1) is 18.4. The van der Waals surface area contributed by atoms with Crippen LogP contribution in [0.15, 0.2) is 24.8 Å². The molecule has 0 saturated carbocycles. The van der Waals surface area contributed by atoms with Gasteiger partial charge in [0.15, 0.2) is 0 Å². The Bertz CT molecular complexity index is 679. The van der Waals surface area contributed by atoms with Crippen LogP contribution < -0.4 is 10.5 Å². The standard InChI is InChI=1S/C13H17ClFN3O3S/c1-3-5-17-22(20,21)18(6-4-2)13(19)9-7-12(16)11(15)8-10(9)14/h3,7-8,17H,1,4-6,16H2,2H3. The molecule has 0 saturated heterocycles. The van der Waals surface area contributed by atoms with Crippen molar-refractivity contribution in [3.05, 3.63) is 41.2 Å². The number of rotatable bonds is 7. The predicted octanol–water partition coefficient (Wildman–Crippen LogP) is 1.93. The van der Waals surface area contributed by atoms with Crippen LogP contribution in [0.25, 0.3) is 0 Å². The highest BCUT2D eigenvalue weighted by Crippen LogP contribution is 2.24. The zero-order chi connectivity index (χ0) is 16.9. The second kappa shape index (κ2) is 7.57. The van der Waals surface area contributed by atoms with E-state index in [0.29, 0.717) is 10.7 Å². The minimum absolute atomic E-state index is 0.0326. The summed E-state index contributed by atoms with van der Waals surface area (Å²) in [6, 6.07) is 1.89. The Morgan fingerprint density at radius 2 is 2.18 bits per heavy atom. The number of amides is 1. The largest absolute Gasteiger partial charge is 0.396 e. The van der Waals surface area contributed by atoms with Crippen molar-refractivity contribution < 1.29 is 17.6 Å². The molecule has 0 aromatic heterocycles. The molecule has 1 amide bonds. The Morgan fingerprint density at radius 3 is 2.73 bits per heavy atom. The number of hydrogen-bond acceptors (Lipinski definition) is 4. The number of nitrogens with one attached hydrogen (secondary N) is 1. The topological polar surface area (TPSA) is 92.5 Å². The highest BCUT2D eigenvalue weighted by molar-refractivity contribution is 7.87. The third-order valence-electron chi connectivity index (χ3n) is 2.67. The lowest BCUT2D eigenvalue weighted by molar-refractivity contribution is 0.0860. The summed E-state index contributed by atoms with van der Waals surface area (Å²) >= 11 is 5.82. The minimum atomic E-state index is -4.06. The lowest BCUT2D eigenvalue weighted by Gasteiger charge is -2.22. The van der Waals surface area contributed by atoms with Crippen molar-refractivity contribution in [2.45, 2.75) is 13.3 Å². The first-order valence-corrected chi connectivity index (χ1v) is 8.23. The number of anilines is 1. The van der Waals surface area contributed by atoms with Crippen molar-refractivity contribution in [3.63, 3.8) is 0 Å². The van der Waals surface area contributed by atoms with Gasteiger partial charge in [0.2, 0.25) is 0 Å². The van der Waals surface area contributed by atoms with Crippen LogP contribution in [0.4, 0.5) is 10.1 Å². The van der Waals surface area contributed by atoms with Crippen LogP contribution in [-0.2, 0) is 10.2 Å². The molecule has 3 N–H and O–H groups in total. The van der Waals surface area contributed by atoms with Crippen LogP contribution in [0.5, 0.6) is 0 Å². The Labute approximate surface area is 133 Å². The Balaban J connectivity index is 3.25. The van der Waals surface area contributed by atoms with Crippen LogP contribution in [0.2, 0.25) is 5.02 Å². The lowest BCUT2D eigenvalue weighted by Crippen LogP contribution is -2.45. The van der Waals surface area contributed by atoms with Gasteiger partial charge in [-0.25, -0.2) is 8.70 Å². The Morgan fingerprint density at radius 1 is 1.55 bits per heavy atom. The number of benzene rings is 1. The number of nitrogens with two attached hydrogens (primary N) is 1. The SMILES string of the molecule is C=CCNS(=O)(=O)N(CCC)C(=O)c1cc(N)c(F)cc1Cl. The van der Waals surface area contributed by atoms with Crippen LogP contribution in [-0.4, -0.2) is 31.7 Å². The monoisotopic (exact) mass is 349 g/mol.